The Bertz CT molecular complexity index is 825. The highest BCUT2D eigenvalue weighted by molar-refractivity contribution is 5.97. The van der Waals surface area contributed by atoms with Gasteiger partial charge in [-0.25, -0.2) is 0 Å². The molecule has 0 saturated carbocycles. The van der Waals surface area contributed by atoms with Crippen molar-refractivity contribution in [2.24, 2.45) is 0 Å². The number of carbonyl (C=O) groups is 1. The van der Waals surface area contributed by atoms with Crippen molar-refractivity contribution in [1.29, 1.82) is 0 Å². The Morgan fingerprint density at radius 2 is 1.83 bits per heavy atom. The summed E-state index contributed by atoms with van der Waals surface area (Å²) in [7, 11) is 0. The summed E-state index contributed by atoms with van der Waals surface area (Å²) >= 11 is 0. The fraction of sp³-hybridized carbons (Fsp3) is 0.238. The number of aryl methyl sites for hydroxylation is 1. The summed E-state index contributed by atoms with van der Waals surface area (Å²) in [4.78, 5) is 16.6. The standard InChI is InChI=1S/C21H22N2O/c1-2-3-5-16-7-9-17(10-8-16)15-23-21(24)19-11-12-20-18(14-19)6-4-13-22-20/h4,6-14H,2-3,5,15H2,1H3,(H,23,24). The zero-order valence-corrected chi connectivity index (χ0v) is 14.0. The Morgan fingerprint density at radius 1 is 1.04 bits per heavy atom. The number of fused-ring (bicyclic) bond motifs is 1. The van der Waals surface area contributed by atoms with Gasteiger partial charge < -0.3 is 5.32 Å². The molecule has 2 aromatic carbocycles. The Hall–Kier alpha value is -2.68. The number of rotatable bonds is 6. The predicted molar refractivity (Wildman–Crippen MR) is 98.0 cm³/mol. The number of aromatic nitrogens is 1. The van der Waals surface area contributed by atoms with E-state index in [4.69, 9.17) is 0 Å². The van der Waals surface area contributed by atoms with E-state index in [1.165, 1.54) is 18.4 Å². The highest BCUT2D eigenvalue weighted by Gasteiger charge is 2.06. The average molecular weight is 318 g/mol. The van der Waals surface area contributed by atoms with Crippen molar-refractivity contribution in [2.45, 2.75) is 32.7 Å². The van der Waals surface area contributed by atoms with Crippen LogP contribution in [0.3, 0.4) is 0 Å². The van der Waals surface area contributed by atoms with Gasteiger partial charge >= 0.3 is 0 Å². The van der Waals surface area contributed by atoms with Gasteiger partial charge in [-0.15, -0.1) is 0 Å². The fourth-order valence-electron chi connectivity index (χ4n) is 2.71. The number of nitrogens with one attached hydrogen (secondary N) is 1. The van der Waals surface area contributed by atoms with Gasteiger partial charge in [-0.1, -0.05) is 43.7 Å². The minimum absolute atomic E-state index is 0.0594. The highest BCUT2D eigenvalue weighted by atomic mass is 16.1. The summed E-state index contributed by atoms with van der Waals surface area (Å²) in [6.07, 6.45) is 5.30. The minimum atomic E-state index is -0.0594. The van der Waals surface area contributed by atoms with Crippen LogP contribution >= 0.6 is 0 Å². The lowest BCUT2D eigenvalue weighted by Crippen LogP contribution is -2.22. The molecule has 3 aromatic rings. The Labute approximate surface area is 142 Å². The lowest BCUT2D eigenvalue weighted by molar-refractivity contribution is 0.0951. The highest BCUT2D eigenvalue weighted by Crippen LogP contribution is 2.13. The summed E-state index contributed by atoms with van der Waals surface area (Å²) in [5.74, 6) is -0.0594. The smallest absolute Gasteiger partial charge is 0.251 e. The molecule has 0 aliphatic rings. The van der Waals surface area contributed by atoms with Crippen molar-refractivity contribution in [3.8, 4) is 0 Å². The lowest BCUT2D eigenvalue weighted by atomic mass is 10.1. The Morgan fingerprint density at radius 3 is 2.62 bits per heavy atom. The van der Waals surface area contributed by atoms with E-state index in [-0.39, 0.29) is 5.91 Å². The van der Waals surface area contributed by atoms with Gasteiger partial charge in [-0.3, -0.25) is 9.78 Å². The molecule has 3 heteroatoms. The molecule has 122 valence electrons. The minimum Gasteiger partial charge on any atom is -0.348 e. The molecule has 1 N–H and O–H groups in total. The average Bonchev–Trinajstić information content (AvgIpc) is 2.65. The topological polar surface area (TPSA) is 42.0 Å². The van der Waals surface area contributed by atoms with Crippen LogP contribution in [0.2, 0.25) is 0 Å². The van der Waals surface area contributed by atoms with Crippen LogP contribution < -0.4 is 5.32 Å². The first kappa shape index (κ1) is 16.2. The molecular weight excluding hydrogens is 296 g/mol. The normalized spacial score (nSPS) is 10.7. The number of hydrogen-bond acceptors (Lipinski definition) is 2. The van der Waals surface area contributed by atoms with E-state index in [2.05, 4.69) is 41.5 Å². The molecule has 0 fully saturated rings. The lowest BCUT2D eigenvalue weighted by Gasteiger charge is -2.07. The third kappa shape index (κ3) is 3.99. The number of hydrogen-bond donors (Lipinski definition) is 1. The van der Waals surface area contributed by atoms with Gasteiger partial charge in [0.2, 0.25) is 0 Å². The van der Waals surface area contributed by atoms with Crippen LogP contribution in [0.4, 0.5) is 0 Å². The molecule has 1 heterocycles. The van der Waals surface area contributed by atoms with Gasteiger partial charge in [0.15, 0.2) is 0 Å². The van der Waals surface area contributed by atoms with Gasteiger partial charge in [0.05, 0.1) is 5.52 Å². The van der Waals surface area contributed by atoms with E-state index in [1.807, 2.05) is 30.3 Å². The van der Waals surface area contributed by atoms with E-state index < -0.39 is 0 Å². The first-order valence-electron chi connectivity index (χ1n) is 8.47. The maximum atomic E-state index is 12.3. The van der Waals surface area contributed by atoms with Crippen LogP contribution in [0, 0.1) is 0 Å². The molecule has 3 nitrogen and oxygen atoms in total. The fourth-order valence-corrected chi connectivity index (χ4v) is 2.71. The van der Waals surface area contributed by atoms with E-state index >= 15 is 0 Å². The second-order valence-corrected chi connectivity index (χ2v) is 6.01. The van der Waals surface area contributed by atoms with Gasteiger partial charge in [-0.05, 0) is 48.2 Å². The number of nitrogens with zero attached hydrogens (tertiary/aromatic N) is 1. The summed E-state index contributed by atoms with van der Waals surface area (Å²) in [6, 6.07) is 17.9. The van der Waals surface area contributed by atoms with Crippen LogP contribution in [0.1, 0.15) is 41.3 Å². The van der Waals surface area contributed by atoms with Gasteiger partial charge in [0.25, 0.3) is 5.91 Å². The second kappa shape index (κ2) is 7.73. The number of amides is 1. The van der Waals surface area contributed by atoms with Crippen molar-refractivity contribution in [1.82, 2.24) is 10.3 Å². The SMILES string of the molecule is CCCCc1ccc(CNC(=O)c2ccc3ncccc3c2)cc1. The third-order valence-corrected chi connectivity index (χ3v) is 4.16. The van der Waals surface area contributed by atoms with E-state index in [1.54, 1.807) is 6.20 Å². The maximum absolute atomic E-state index is 12.3. The molecule has 3 rings (SSSR count). The van der Waals surface area contributed by atoms with Gasteiger partial charge in [0.1, 0.15) is 0 Å². The van der Waals surface area contributed by atoms with Gasteiger partial charge in [-0.2, -0.15) is 0 Å². The number of carbonyl (C=O) groups excluding carboxylic acids is 1. The van der Waals surface area contributed by atoms with Crippen LogP contribution in [-0.2, 0) is 13.0 Å². The first-order chi connectivity index (χ1) is 11.8. The maximum Gasteiger partial charge on any atom is 0.251 e. The molecule has 1 amide bonds. The van der Waals surface area contributed by atoms with Crippen LogP contribution in [0.25, 0.3) is 10.9 Å². The van der Waals surface area contributed by atoms with Crippen molar-refractivity contribution in [3.63, 3.8) is 0 Å². The zero-order valence-electron chi connectivity index (χ0n) is 14.0. The molecule has 0 saturated heterocycles. The summed E-state index contributed by atoms with van der Waals surface area (Å²) in [5.41, 5.74) is 4.03. The predicted octanol–water partition coefficient (Wildman–Crippen LogP) is 4.51. The molecule has 0 atom stereocenters. The summed E-state index contributed by atoms with van der Waals surface area (Å²) in [6.45, 7) is 2.74. The van der Waals surface area contributed by atoms with Crippen LogP contribution in [0.5, 0.6) is 0 Å². The number of benzene rings is 2. The van der Waals surface area contributed by atoms with E-state index in [0.29, 0.717) is 12.1 Å². The third-order valence-electron chi connectivity index (χ3n) is 4.16. The molecule has 24 heavy (non-hydrogen) atoms. The second-order valence-electron chi connectivity index (χ2n) is 6.01. The van der Waals surface area contributed by atoms with E-state index in [0.717, 1.165) is 22.9 Å². The van der Waals surface area contributed by atoms with Crippen molar-refractivity contribution in [3.05, 3.63) is 77.5 Å². The quantitative estimate of drug-likeness (QED) is 0.726. The summed E-state index contributed by atoms with van der Waals surface area (Å²) in [5, 5.41) is 3.96. The van der Waals surface area contributed by atoms with Crippen molar-refractivity contribution < 1.29 is 4.79 Å². The largest absolute Gasteiger partial charge is 0.348 e. The molecule has 0 radical (unpaired) electrons. The molecule has 0 aliphatic heterocycles. The number of pyridine rings is 1. The zero-order chi connectivity index (χ0) is 16.8. The molecule has 0 bridgehead atoms. The molecule has 0 unspecified atom stereocenters. The molecule has 0 aliphatic carbocycles. The molecular formula is C21H22N2O. The summed E-state index contributed by atoms with van der Waals surface area (Å²) < 4.78 is 0. The molecule has 1 aromatic heterocycles. The number of unbranched alkanes of at least 4 members (excludes halogenated alkanes) is 1. The Kier molecular flexibility index (Phi) is 5.22. The monoisotopic (exact) mass is 318 g/mol. The van der Waals surface area contributed by atoms with Gasteiger partial charge in [0, 0.05) is 23.7 Å². The van der Waals surface area contributed by atoms with E-state index in [9.17, 15) is 4.79 Å². The Balaban J connectivity index is 1.61. The van der Waals surface area contributed by atoms with Crippen molar-refractivity contribution >= 4 is 16.8 Å². The van der Waals surface area contributed by atoms with Crippen LogP contribution in [0.15, 0.2) is 60.8 Å². The first-order valence-corrected chi connectivity index (χ1v) is 8.47. The van der Waals surface area contributed by atoms with Crippen LogP contribution in [-0.4, -0.2) is 10.9 Å². The molecule has 0 spiro atoms. The van der Waals surface area contributed by atoms with Crippen molar-refractivity contribution in [2.75, 3.05) is 0 Å².